The van der Waals surface area contributed by atoms with Crippen LogP contribution in [0.2, 0.25) is 0 Å². The van der Waals surface area contributed by atoms with Crippen LogP contribution in [0.5, 0.6) is 0 Å². The number of nitrogens with one attached hydrogen (secondary N) is 1. The summed E-state index contributed by atoms with van der Waals surface area (Å²) in [5.74, 6) is 0.640. The van der Waals surface area contributed by atoms with Gasteiger partial charge in [-0.05, 0) is 62.1 Å². The minimum atomic E-state index is -0.0879. The normalized spacial score (nSPS) is 15.0. The summed E-state index contributed by atoms with van der Waals surface area (Å²) >= 11 is 0. The molecule has 1 aliphatic heterocycles. The summed E-state index contributed by atoms with van der Waals surface area (Å²) in [6.45, 7) is 4.34. The van der Waals surface area contributed by atoms with E-state index < -0.39 is 0 Å². The molecular weight excluding hydrogens is 298 g/mol. The molecule has 1 N–H and O–H groups in total. The van der Waals surface area contributed by atoms with Crippen molar-refractivity contribution >= 4 is 16.6 Å². The first-order valence-corrected chi connectivity index (χ1v) is 8.57. The third-order valence-corrected chi connectivity index (χ3v) is 4.80. The molecule has 2 heterocycles. The average molecular weight is 319 g/mol. The molecule has 1 aromatic heterocycles. The SMILES string of the molecule is Cc1cc(N2CCCCC2)ccc1-c1nc2ccccc2c(=O)[nH]1. The lowest BCUT2D eigenvalue weighted by Crippen LogP contribution is -2.29. The zero-order chi connectivity index (χ0) is 16.5. The van der Waals surface area contributed by atoms with Gasteiger partial charge in [0.05, 0.1) is 10.9 Å². The Hall–Kier alpha value is -2.62. The number of rotatable bonds is 2. The van der Waals surface area contributed by atoms with E-state index in [1.165, 1.54) is 24.9 Å². The van der Waals surface area contributed by atoms with E-state index in [9.17, 15) is 4.79 Å². The zero-order valence-corrected chi connectivity index (χ0v) is 13.9. The molecule has 24 heavy (non-hydrogen) atoms. The van der Waals surface area contributed by atoms with Crippen molar-refractivity contribution in [2.45, 2.75) is 26.2 Å². The Balaban J connectivity index is 1.75. The molecular formula is C20H21N3O. The maximum absolute atomic E-state index is 12.3. The summed E-state index contributed by atoms with van der Waals surface area (Å²) in [4.78, 5) is 22.3. The van der Waals surface area contributed by atoms with Crippen molar-refractivity contribution in [2.75, 3.05) is 18.0 Å². The molecule has 0 saturated carbocycles. The number of benzene rings is 2. The predicted octanol–water partition coefficient (Wildman–Crippen LogP) is 3.89. The minimum Gasteiger partial charge on any atom is -0.372 e. The van der Waals surface area contributed by atoms with E-state index in [1.807, 2.05) is 18.2 Å². The van der Waals surface area contributed by atoms with Crippen molar-refractivity contribution < 1.29 is 0 Å². The highest BCUT2D eigenvalue weighted by molar-refractivity contribution is 5.79. The third kappa shape index (κ3) is 2.68. The van der Waals surface area contributed by atoms with Gasteiger partial charge in [-0.2, -0.15) is 0 Å². The first-order valence-electron chi connectivity index (χ1n) is 8.57. The molecule has 122 valence electrons. The van der Waals surface area contributed by atoms with Gasteiger partial charge in [-0.1, -0.05) is 12.1 Å². The number of hydrogen-bond acceptors (Lipinski definition) is 3. The number of fused-ring (bicyclic) bond motifs is 1. The molecule has 0 amide bonds. The van der Waals surface area contributed by atoms with Gasteiger partial charge in [0, 0.05) is 24.3 Å². The van der Waals surface area contributed by atoms with Crippen LogP contribution < -0.4 is 10.5 Å². The highest BCUT2D eigenvalue weighted by Crippen LogP contribution is 2.27. The molecule has 0 bridgehead atoms. The Kier molecular flexibility index (Phi) is 3.81. The maximum atomic E-state index is 12.3. The zero-order valence-electron chi connectivity index (χ0n) is 13.9. The number of aryl methyl sites for hydroxylation is 1. The van der Waals surface area contributed by atoms with Gasteiger partial charge in [-0.3, -0.25) is 4.79 Å². The van der Waals surface area contributed by atoms with Gasteiger partial charge in [0.15, 0.2) is 0 Å². The van der Waals surface area contributed by atoms with Gasteiger partial charge in [-0.25, -0.2) is 4.98 Å². The molecule has 0 unspecified atom stereocenters. The van der Waals surface area contributed by atoms with E-state index in [0.29, 0.717) is 11.2 Å². The summed E-state index contributed by atoms with van der Waals surface area (Å²) in [7, 11) is 0. The highest BCUT2D eigenvalue weighted by atomic mass is 16.1. The Bertz CT molecular complexity index is 939. The molecule has 1 saturated heterocycles. The fourth-order valence-corrected chi connectivity index (χ4v) is 3.48. The summed E-state index contributed by atoms with van der Waals surface area (Å²) < 4.78 is 0. The predicted molar refractivity (Wildman–Crippen MR) is 98.6 cm³/mol. The monoisotopic (exact) mass is 319 g/mol. The van der Waals surface area contributed by atoms with E-state index in [-0.39, 0.29) is 5.56 Å². The number of piperidine rings is 1. The van der Waals surface area contributed by atoms with E-state index in [1.54, 1.807) is 6.07 Å². The van der Waals surface area contributed by atoms with Gasteiger partial charge in [0.25, 0.3) is 5.56 Å². The largest absolute Gasteiger partial charge is 0.372 e. The van der Waals surface area contributed by atoms with Crippen LogP contribution >= 0.6 is 0 Å². The van der Waals surface area contributed by atoms with Crippen LogP contribution in [0, 0.1) is 6.92 Å². The van der Waals surface area contributed by atoms with Gasteiger partial charge in [-0.15, -0.1) is 0 Å². The molecule has 1 fully saturated rings. The number of aromatic nitrogens is 2. The second-order valence-corrected chi connectivity index (χ2v) is 6.48. The van der Waals surface area contributed by atoms with Crippen LogP contribution in [0.1, 0.15) is 24.8 Å². The van der Waals surface area contributed by atoms with Crippen molar-refractivity contribution in [1.29, 1.82) is 0 Å². The summed E-state index contributed by atoms with van der Waals surface area (Å²) in [5, 5.41) is 0.629. The van der Waals surface area contributed by atoms with Gasteiger partial charge in [0.2, 0.25) is 0 Å². The Morgan fingerprint density at radius 3 is 2.62 bits per heavy atom. The van der Waals surface area contributed by atoms with Crippen molar-refractivity contribution in [3.63, 3.8) is 0 Å². The Morgan fingerprint density at radius 2 is 1.83 bits per heavy atom. The molecule has 1 aliphatic rings. The molecule has 0 atom stereocenters. The highest BCUT2D eigenvalue weighted by Gasteiger charge is 2.13. The third-order valence-electron chi connectivity index (χ3n) is 4.80. The number of hydrogen-bond donors (Lipinski definition) is 1. The van der Waals surface area contributed by atoms with Crippen LogP contribution in [0.4, 0.5) is 5.69 Å². The van der Waals surface area contributed by atoms with Crippen molar-refractivity contribution in [1.82, 2.24) is 9.97 Å². The molecule has 2 aromatic carbocycles. The molecule has 0 spiro atoms. The number of nitrogens with zero attached hydrogens (tertiary/aromatic N) is 2. The molecule has 0 aliphatic carbocycles. The summed E-state index contributed by atoms with van der Waals surface area (Å²) in [6, 6.07) is 13.9. The lowest BCUT2D eigenvalue weighted by atomic mass is 10.0. The first-order chi connectivity index (χ1) is 11.7. The van der Waals surface area contributed by atoms with Crippen LogP contribution in [-0.2, 0) is 0 Å². The van der Waals surface area contributed by atoms with E-state index >= 15 is 0 Å². The molecule has 4 rings (SSSR count). The summed E-state index contributed by atoms with van der Waals surface area (Å²) in [5.41, 5.74) is 4.03. The fraction of sp³-hybridized carbons (Fsp3) is 0.300. The van der Waals surface area contributed by atoms with Crippen LogP contribution in [-0.4, -0.2) is 23.1 Å². The molecule has 4 nitrogen and oxygen atoms in total. The molecule has 4 heteroatoms. The molecule has 3 aromatic rings. The van der Waals surface area contributed by atoms with Crippen molar-refractivity contribution in [3.8, 4) is 11.4 Å². The standard InChI is InChI=1S/C20H21N3O/c1-14-13-15(23-11-5-2-6-12-23)9-10-16(14)19-21-18-8-4-3-7-17(18)20(24)22-19/h3-4,7-10,13H,2,5-6,11-12H2,1H3,(H,21,22,24). The van der Waals surface area contributed by atoms with E-state index in [0.717, 1.165) is 29.7 Å². The summed E-state index contributed by atoms with van der Waals surface area (Å²) in [6.07, 6.45) is 3.86. The van der Waals surface area contributed by atoms with E-state index in [4.69, 9.17) is 0 Å². The number of H-pyrrole nitrogens is 1. The Labute approximate surface area is 141 Å². The average Bonchev–Trinajstić information content (AvgIpc) is 2.62. The second kappa shape index (κ2) is 6.11. The van der Waals surface area contributed by atoms with Gasteiger partial charge < -0.3 is 9.88 Å². The Morgan fingerprint density at radius 1 is 1.04 bits per heavy atom. The van der Waals surface area contributed by atoms with Crippen molar-refractivity contribution in [3.05, 3.63) is 58.4 Å². The molecule has 0 radical (unpaired) electrons. The lowest BCUT2D eigenvalue weighted by molar-refractivity contribution is 0.578. The maximum Gasteiger partial charge on any atom is 0.259 e. The number of aromatic amines is 1. The second-order valence-electron chi connectivity index (χ2n) is 6.48. The smallest absolute Gasteiger partial charge is 0.259 e. The van der Waals surface area contributed by atoms with Crippen LogP contribution in [0.15, 0.2) is 47.3 Å². The lowest BCUT2D eigenvalue weighted by Gasteiger charge is -2.29. The quantitative estimate of drug-likeness (QED) is 0.779. The van der Waals surface area contributed by atoms with Crippen LogP contribution in [0.25, 0.3) is 22.3 Å². The van der Waals surface area contributed by atoms with Gasteiger partial charge >= 0.3 is 0 Å². The number of anilines is 1. The topological polar surface area (TPSA) is 49.0 Å². The van der Waals surface area contributed by atoms with Crippen molar-refractivity contribution in [2.24, 2.45) is 0 Å². The van der Waals surface area contributed by atoms with Crippen LogP contribution in [0.3, 0.4) is 0 Å². The van der Waals surface area contributed by atoms with E-state index in [2.05, 4.69) is 40.0 Å². The fourth-order valence-electron chi connectivity index (χ4n) is 3.48. The van der Waals surface area contributed by atoms with Gasteiger partial charge in [0.1, 0.15) is 5.82 Å². The first kappa shape index (κ1) is 14.9. The number of para-hydroxylation sites is 1. The minimum absolute atomic E-state index is 0.0879.